The van der Waals surface area contributed by atoms with Crippen LogP contribution in [-0.2, 0) is 9.47 Å². The lowest BCUT2D eigenvalue weighted by atomic mass is 10.2. The Kier molecular flexibility index (Phi) is 5.20. The van der Waals surface area contributed by atoms with Crippen LogP contribution in [0.1, 0.15) is 20.8 Å². The van der Waals surface area contributed by atoms with E-state index in [-0.39, 0.29) is 11.6 Å². The number of amides is 1. The summed E-state index contributed by atoms with van der Waals surface area (Å²) in [6.07, 6.45) is 0. The number of benzene rings is 1. The first-order valence-electron chi connectivity index (χ1n) is 7.83. The fraction of sp³-hybridized carbons (Fsp3) is 0.294. The molecule has 1 fully saturated rings. The molecule has 1 aliphatic heterocycles. The van der Waals surface area contributed by atoms with Gasteiger partial charge in [-0.15, -0.1) is 10.2 Å². The van der Waals surface area contributed by atoms with Gasteiger partial charge in [-0.3, -0.25) is 4.79 Å². The Morgan fingerprint density at radius 1 is 1.16 bits per heavy atom. The number of carbonyl (C=O) groups is 2. The van der Waals surface area contributed by atoms with E-state index in [1.54, 1.807) is 41.3 Å². The van der Waals surface area contributed by atoms with Gasteiger partial charge in [0.05, 0.1) is 25.9 Å². The van der Waals surface area contributed by atoms with E-state index < -0.39 is 5.97 Å². The molecule has 130 valence electrons. The molecule has 1 aromatic carbocycles. The topological polar surface area (TPSA) is 93.7 Å². The van der Waals surface area contributed by atoms with E-state index in [2.05, 4.69) is 15.5 Å². The Labute approximate surface area is 144 Å². The van der Waals surface area contributed by atoms with Crippen molar-refractivity contribution in [3.63, 3.8) is 0 Å². The highest BCUT2D eigenvalue weighted by Gasteiger charge is 2.19. The number of methoxy groups -OCH3 is 1. The summed E-state index contributed by atoms with van der Waals surface area (Å²) in [4.78, 5) is 25.6. The van der Waals surface area contributed by atoms with Gasteiger partial charge in [-0.2, -0.15) is 0 Å². The van der Waals surface area contributed by atoms with Crippen molar-refractivity contribution < 1.29 is 19.1 Å². The zero-order chi connectivity index (χ0) is 17.6. The lowest BCUT2D eigenvalue weighted by molar-refractivity contribution is 0.0298. The summed E-state index contributed by atoms with van der Waals surface area (Å²) in [5.41, 5.74) is 1.39. The number of morpholine rings is 1. The van der Waals surface area contributed by atoms with Crippen LogP contribution in [0.15, 0.2) is 36.4 Å². The molecule has 0 unspecified atom stereocenters. The number of rotatable bonds is 4. The molecule has 2 aromatic rings. The monoisotopic (exact) mass is 342 g/mol. The first kappa shape index (κ1) is 16.8. The lowest BCUT2D eigenvalue weighted by Crippen LogP contribution is -2.41. The highest BCUT2D eigenvalue weighted by Crippen LogP contribution is 2.16. The molecule has 0 bridgehead atoms. The Bertz CT molecular complexity index is 757. The maximum absolute atomic E-state index is 12.3. The molecule has 2 heterocycles. The predicted molar refractivity (Wildman–Crippen MR) is 89.8 cm³/mol. The van der Waals surface area contributed by atoms with Crippen molar-refractivity contribution in [2.24, 2.45) is 0 Å². The number of carbonyl (C=O) groups excluding carboxylic acids is 2. The van der Waals surface area contributed by atoms with Crippen molar-refractivity contribution in [3.8, 4) is 0 Å². The van der Waals surface area contributed by atoms with Crippen LogP contribution in [0.4, 0.5) is 11.5 Å². The third kappa shape index (κ3) is 4.10. The van der Waals surface area contributed by atoms with Gasteiger partial charge < -0.3 is 19.7 Å². The average molecular weight is 342 g/mol. The number of nitrogens with zero attached hydrogens (tertiary/aromatic N) is 3. The molecule has 0 aliphatic carbocycles. The number of hydrogen-bond acceptors (Lipinski definition) is 7. The molecule has 25 heavy (non-hydrogen) atoms. The zero-order valence-corrected chi connectivity index (χ0v) is 13.8. The molecule has 0 spiro atoms. The normalized spacial score (nSPS) is 14.0. The number of hydrogen-bond donors (Lipinski definition) is 1. The second-order valence-corrected chi connectivity index (χ2v) is 5.41. The van der Waals surface area contributed by atoms with Gasteiger partial charge in [-0.1, -0.05) is 6.07 Å². The van der Waals surface area contributed by atoms with Crippen LogP contribution in [0.2, 0.25) is 0 Å². The zero-order valence-electron chi connectivity index (χ0n) is 13.8. The summed E-state index contributed by atoms with van der Waals surface area (Å²) in [6.45, 7) is 2.19. The van der Waals surface area contributed by atoms with Crippen LogP contribution < -0.4 is 5.32 Å². The van der Waals surface area contributed by atoms with Crippen molar-refractivity contribution in [1.82, 2.24) is 15.1 Å². The predicted octanol–water partition coefficient (Wildman–Crippen LogP) is 1.48. The minimum atomic E-state index is -0.416. The largest absolute Gasteiger partial charge is 0.465 e. The van der Waals surface area contributed by atoms with E-state index in [9.17, 15) is 9.59 Å². The van der Waals surface area contributed by atoms with E-state index >= 15 is 0 Å². The molecule has 8 heteroatoms. The summed E-state index contributed by atoms with van der Waals surface area (Å²) in [5.74, 6) is -0.100. The summed E-state index contributed by atoms with van der Waals surface area (Å²) in [5, 5.41) is 11.1. The second kappa shape index (κ2) is 7.71. The maximum atomic E-state index is 12.3. The quantitative estimate of drug-likeness (QED) is 0.841. The summed E-state index contributed by atoms with van der Waals surface area (Å²) in [7, 11) is 1.33. The van der Waals surface area contributed by atoms with Gasteiger partial charge in [-0.25, -0.2) is 4.79 Å². The fourth-order valence-electron chi connectivity index (χ4n) is 2.43. The number of aromatic nitrogens is 2. The van der Waals surface area contributed by atoms with Crippen LogP contribution in [0, 0.1) is 0 Å². The summed E-state index contributed by atoms with van der Waals surface area (Å²) < 4.78 is 9.93. The van der Waals surface area contributed by atoms with Gasteiger partial charge in [-0.05, 0) is 30.3 Å². The van der Waals surface area contributed by atoms with Crippen molar-refractivity contribution in [2.45, 2.75) is 0 Å². The van der Waals surface area contributed by atoms with Crippen molar-refractivity contribution in [3.05, 3.63) is 47.7 Å². The van der Waals surface area contributed by atoms with Crippen molar-refractivity contribution in [1.29, 1.82) is 0 Å². The Morgan fingerprint density at radius 2 is 1.96 bits per heavy atom. The molecule has 8 nitrogen and oxygen atoms in total. The molecule has 0 radical (unpaired) electrons. The van der Waals surface area contributed by atoms with Crippen LogP contribution in [0.3, 0.4) is 0 Å². The molecule has 0 saturated carbocycles. The lowest BCUT2D eigenvalue weighted by Gasteiger charge is -2.26. The molecule has 1 aromatic heterocycles. The standard InChI is InChI=1S/C17H18N4O4/c1-24-17(23)12-3-2-4-13(11-12)18-15-6-5-14(19-20-15)16(22)21-7-9-25-10-8-21/h2-6,11H,7-10H2,1H3,(H,18,20). The Morgan fingerprint density at radius 3 is 2.64 bits per heavy atom. The minimum absolute atomic E-state index is 0.157. The number of anilines is 2. The van der Waals surface area contributed by atoms with Crippen molar-refractivity contribution >= 4 is 23.4 Å². The first-order chi connectivity index (χ1) is 12.2. The van der Waals surface area contributed by atoms with Gasteiger partial charge in [0.25, 0.3) is 5.91 Å². The fourth-order valence-corrected chi connectivity index (χ4v) is 2.43. The Hall–Kier alpha value is -3.00. The van der Waals surface area contributed by atoms with E-state index in [0.717, 1.165) is 0 Å². The number of ether oxygens (including phenoxy) is 2. The first-order valence-corrected chi connectivity index (χ1v) is 7.83. The van der Waals surface area contributed by atoms with Gasteiger partial charge in [0.2, 0.25) is 0 Å². The van der Waals surface area contributed by atoms with E-state index in [0.29, 0.717) is 43.4 Å². The SMILES string of the molecule is COC(=O)c1cccc(Nc2ccc(C(=O)N3CCOCC3)nn2)c1. The summed E-state index contributed by atoms with van der Waals surface area (Å²) >= 11 is 0. The maximum Gasteiger partial charge on any atom is 0.337 e. The highest BCUT2D eigenvalue weighted by molar-refractivity contribution is 5.92. The Balaban J connectivity index is 1.68. The molecule has 1 N–H and O–H groups in total. The molecule has 1 saturated heterocycles. The van der Waals surface area contributed by atoms with Crippen LogP contribution >= 0.6 is 0 Å². The average Bonchev–Trinajstić information content (AvgIpc) is 2.68. The summed E-state index contributed by atoms with van der Waals surface area (Å²) in [6, 6.07) is 10.1. The smallest absolute Gasteiger partial charge is 0.337 e. The molecule has 0 atom stereocenters. The molecular formula is C17H18N4O4. The van der Waals surface area contributed by atoms with E-state index in [1.807, 2.05) is 0 Å². The van der Waals surface area contributed by atoms with Gasteiger partial charge in [0.1, 0.15) is 0 Å². The van der Waals surface area contributed by atoms with Gasteiger partial charge >= 0.3 is 5.97 Å². The number of nitrogens with one attached hydrogen (secondary N) is 1. The van der Waals surface area contributed by atoms with Crippen molar-refractivity contribution in [2.75, 3.05) is 38.7 Å². The van der Waals surface area contributed by atoms with E-state index in [4.69, 9.17) is 9.47 Å². The van der Waals surface area contributed by atoms with Gasteiger partial charge in [0, 0.05) is 18.8 Å². The molecule has 1 aliphatic rings. The third-order valence-electron chi connectivity index (χ3n) is 3.74. The minimum Gasteiger partial charge on any atom is -0.465 e. The molecule has 3 rings (SSSR count). The van der Waals surface area contributed by atoms with Crippen LogP contribution in [0.25, 0.3) is 0 Å². The third-order valence-corrected chi connectivity index (χ3v) is 3.74. The molecule has 1 amide bonds. The highest BCUT2D eigenvalue weighted by atomic mass is 16.5. The van der Waals surface area contributed by atoms with Crippen LogP contribution in [0.5, 0.6) is 0 Å². The van der Waals surface area contributed by atoms with Gasteiger partial charge in [0.15, 0.2) is 11.5 Å². The second-order valence-electron chi connectivity index (χ2n) is 5.41. The van der Waals surface area contributed by atoms with Crippen LogP contribution in [-0.4, -0.2) is 60.4 Å². The number of esters is 1. The molecular weight excluding hydrogens is 324 g/mol. The van der Waals surface area contributed by atoms with E-state index in [1.165, 1.54) is 7.11 Å².